The van der Waals surface area contributed by atoms with Crippen molar-refractivity contribution in [1.82, 2.24) is 0 Å². The van der Waals surface area contributed by atoms with E-state index in [1.54, 1.807) is 5.38 Å². The number of carbonyl (C=O) groups is 3. The third-order valence-corrected chi connectivity index (χ3v) is 3.71. The number of hydrogen-bond donors (Lipinski definition) is 2. The van der Waals surface area contributed by atoms with Gasteiger partial charge in [0.2, 0.25) is 0 Å². The molecule has 8 heteroatoms. The first-order chi connectivity index (χ1) is 10.9. The van der Waals surface area contributed by atoms with Crippen LogP contribution in [0.4, 0.5) is 9.39 Å². The molecule has 0 radical (unpaired) electrons. The van der Waals surface area contributed by atoms with Crippen molar-refractivity contribution in [3.63, 3.8) is 0 Å². The molecule has 2 aromatic rings. The van der Waals surface area contributed by atoms with E-state index in [9.17, 15) is 18.8 Å². The molecule has 0 saturated heterocycles. The van der Waals surface area contributed by atoms with Gasteiger partial charge in [-0.3, -0.25) is 9.59 Å². The fourth-order valence-electron chi connectivity index (χ4n) is 1.71. The molecule has 1 aromatic heterocycles. The summed E-state index contributed by atoms with van der Waals surface area (Å²) in [6, 6.07) is 6.42. The average Bonchev–Trinajstić information content (AvgIpc) is 2.95. The van der Waals surface area contributed by atoms with Crippen molar-refractivity contribution in [2.75, 3.05) is 5.32 Å². The molecule has 0 bridgehead atoms. The second kappa shape index (κ2) is 7.01. The summed E-state index contributed by atoms with van der Waals surface area (Å²) in [5.74, 6) is -2.71. The lowest BCUT2D eigenvalue weighted by molar-refractivity contribution is -0.123. The second-order valence-corrected chi connectivity index (χ2v) is 5.49. The Morgan fingerprint density at radius 1 is 1.30 bits per heavy atom. The van der Waals surface area contributed by atoms with Gasteiger partial charge in [0.1, 0.15) is 10.8 Å². The minimum atomic E-state index is -1.13. The predicted octanol–water partition coefficient (Wildman–Crippen LogP) is 2.17. The van der Waals surface area contributed by atoms with Crippen LogP contribution in [0.1, 0.15) is 27.6 Å². The highest BCUT2D eigenvalue weighted by Gasteiger charge is 2.21. The Morgan fingerprint density at radius 2 is 2.04 bits per heavy atom. The number of ether oxygens (including phenoxy) is 1. The van der Waals surface area contributed by atoms with Crippen LogP contribution in [0.2, 0.25) is 0 Å². The van der Waals surface area contributed by atoms with Crippen LogP contribution in [0.25, 0.3) is 0 Å². The molecule has 1 aromatic carbocycles. The number of anilines is 1. The van der Waals surface area contributed by atoms with Crippen LogP contribution in [-0.2, 0) is 9.53 Å². The molecule has 1 atom stereocenters. The third kappa shape index (κ3) is 4.13. The lowest BCUT2D eigenvalue weighted by Crippen LogP contribution is -2.30. The maximum absolute atomic E-state index is 13.1. The molecule has 3 N–H and O–H groups in total. The predicted molar refractivity (Wildman–Crippen MR) is 82.7 cm³/mol. The summed E-state index contributed by atoms with van der Waals surface area (Å²) in [6.45, 7) is 1.37. The van der Waals surface area contributed by atoms with Crippen molar-refractivity contribution in [3.8, 4) is 0 Å². The molecule has 0 aliphatic heterocycles. The molecular formula is C15H13FN2O4S. The number of nitrogens with one attached hydrogen (secondary N) is 1. The Hall–Kier alpha value is -2.74. The Bertz CT molecular complexity index is 759. The van der Waals surface area contributed by atoms with Gasteiger partial charge in [-0.1, -0.05) is 6.07 Å². The number of rotatable bonds is 5. The van der Waals surface area contributed by atoms with E-state index < -0.39 is 29.7 Å². The minimum Gasteiger partial charge on any atom is -0.449 e. The monoisotopic (exact) mass is 336 g/mol. The summed E-state index contributed by atoms with van der Waals surface area (Å²) in [6.07, 6.45) is -1.13. The number of halogens is 1. The molecule has 0 aliphatic carbocycles. The highest BCUT2D eigenvalue weighted by Crippen LogP contribution is 2.23. The summed E-state index contributed by atoms with van der Waals surface area (Å²) in [5, 5.41) is 4.34. The Labute approximate surface area is 135 Å². The lowest BCUT2D eigenvalue weighted by Gasteiger charge is -2.13. The van der Waals surface area contributed by atoms with Crippen molar-refractivity contribution in [1.29, 1.82) is 0 Å². The smallest absolute Gasteiger partial charge is 0.339 e. The van der Waals surface area contributed by atoms with Crippen molar-refractivity contribution in [2.24, 2.45) is 5.73 Å². The Kier molecular flexibility index (Phi) is 5.07. The van der Waals surface area contributed by atoms with Crippen LogP contribution < -0.4 is 11.1 Å². The van der Waals surface area contributed by atoms with Crippen molar-refractivity contribution >= 4 is 34.1 Å². The second-order valence-electron chi connectivity index (χ2n) is 4.57. The SMILES string of the molecule is CC(OC(=O)c1cccc(F)c1)C(=O)Nc1sccc1C(N)=O. The van der Waals surface area contributed by atoms with E-state index >= 15 is 0 Å². The molecule has 0 spiro atoms. The van der Waals surface area contributed by atoms with Crippen LogP contribution in [0.15, 0.2) is 35.7 Å². The summed E-state index contributed by atoms with van der Waals surface area (Å²) < 4.78 is 18.0. The fraction of sp³-hybridized carbons (Fsp3) is 0.133. The van der Waals surface area contributed by atoms with Crippen molar-refractivity contribution < 1.29 is 23.5 Å². The molecule has 2 rings (SSSR count). The van der Waals surface area contributed by atoms with Gasteiger partial charge in [0.05, 0.1) is 11.1 Å². The first-order valence-corrected chi connectivity index (χ1v) is 7.41. The van der Waals surface area contributed by atoms with Gasteiger partial charge in [-0.25, -0.2) is 9.18 Å². The molecular weight excluding hydrogens is 323 g/mol. The molecule has 0 saturated carbocycles. The van der Waals surface area contributed by atoms with Crippen molar-refractivity contribution in [3.05, 3.63) is 52.7 Å². The number of nitrogens with two attached hydrogens (primary N) is 1. The van der Waals surface area contributed by atoms with Crippen LogP contribution in [0, 0.1) is 5.82 Å². The van der Waals surface area contributed by atoms with Crippen molar-refractivity contribution in [2.45, 2.75) is 13.0 Å². The zero-order valence-electron chi connectivity index (χ0n) is 12.0. The zero-order chi connectivity index (χ0) is 17.0. The summed E-state index contributed by atoms with van der Waals surface area (Å²) >= 11 is 1.12. The van der Waals surface area contributed by atoms with Crippen LogP contribution in [0.5, 0.6) is 0 Å². The zero-order valence-corrected chi connectivity index (χ0v) is 12.9. The fourth-order valence-corrected chi connectivity index (χ4v) is 2.51. The standard InChI is InChI=1S/C15H13FN2O4S/c1-8(22-15(21)9-3-2-4-10(16)7-9)13(20)18-14-11(12(17)19)5-6-23-14/h2-8H,1H3,(H2,17,19)(H,18,20). The maximum Gasteiger partial charge on any atom is 0.339 e. The van der Waals surface area contributed by atoms with E-state index in [1.807, 2.05) is 0 Å². The molecule has 120 valence electrons. The average molecular weight is 336 g/mol. The van der Waals surface area contributed by atoms with Crippen LogP contribution in [-0.4, -0.2) is 23.9 Å². The molecule has 2 amide bonds. The van der Waals surface area contributed by atoms with Crippen LogP contribution >= 0.6 is 11.3 Å². The van der Waals surface area contributed by atoms with Gasteiger partial charge in [0.25, 0.3) is 11.8 Å². The summed E-state index contributed by atoms with van der Waals surface area (Å²) in [4.78, 5) is 35.0. The first-order valence-electron chi connectivity index (χ1n) is 6.53. The van der Waals surface area contributed by atoms with E-state index in [0.29, 0.717) is 0 Å². The molecule has 6 nitrogen and oxygen atoms in total. The number of primary amides is 1. The minimum absolute atomic E-state index is 0.00130. The van der Waals surface area contributed by atoms with Gasteiger partial charge < -0.3 is 15.8 Å². The number of esters is 1. The van der Waals surface area contributed by atoms with E-state index in [2.05, 4.69) is 5.32 Å². The first kappa shape index (κ1) is 16.6. The van der Waals surface area contributed by atoms with E-state index in [0.717, 1.165) is 17.4 Å². The Morgan fingerprint density at radius 3 is 2.70 bits per heavy atom. The number of carbonyl (C=O) groups excluding carboxylic acids is 3. The van der Waals surface area contributed by atoms with Gasteiger partial charge in [0, 0.05) is 0 Å². The van der Waals surface area contributed by atoms with E-state index in [-0.39, 0.29) is 16.1 Å². The van der Waals surface area contributed by atoms with E-state index in [4.69, 9.17) is 10.5 Å². The quantitative estimate of drug-likeness (QED) is 0.818. The molecule has 0 fully saturated rings. The van der Waals surface area contributed by atoms with E-state index in [1.165, 1.54) is 31.2 Å². The molecule has 23 heavy (non-hydrogen) atoms. The number of thiophene rings is 1. The largest absolute Gasteiger partial charge is 0.449 e. The van der Waals surface area contributed by atoms with Gasteiger partial charge >= 0.3 is 5.97 Å². The Balaban J connectivity index is 2.01. The number of amides is 2. The topological polar surface area (TPSA) is 98.5 Å². The molecule has 1 heterocycles. The van der Waals surface area contributed by atoms with Gasteiger partial charge in [-0.2, -0.15) is 0 Å². The molecule has 1 unspecified atom stereocenters. The highest BCUT2D eigenvalue weighted by molar-refractivity contribution is 7.14. The van der Waals surface area contributed by atoms with Gasteiger partial charge in [-0.15, -0.1) is 11.3 Å². The highest BCUT2D eigenvalue weighted by atomic mass is 32.1. The summed E-state index contributed by atoms with van der Waals surface area (Å²) in [5.41, 5.74) is 5.35. The van der Waals surface area contributed by atoms with Gasteiger partial charge in [0.15, 0.2) is 6.10 Å². The third-order valence-electron chi connectivity index (χ3n) is 2.88. The maximum atomic E-state index is 13.1. The lowest BCUT2D eigenvalue weighted by atomic mass is 10.2. The number of hydrogen-bond acceptors (Lipinski definition) is 5. The molecule has 0 aliphatic rings. The normalized spacial score (nSPS) is 11.6. The van der Waals surface area contributed by atoms with Gasteiger partial charge in [-0.05, 0) is 36.6 Å². The summed E-state index contributed by atoms with van der Waals surface area (Å²) in [7, 11) is 0. The van der Waals surface area contributed by atoms with Crippen LogP contribution in [0.3, 0.4) is 0 Å². The number of benzene rings is 1.